The van der Waals surface area contributed by atoms with Crippen molar-refractivity contribution in [2.24, 2.45) is 11.3 Å². The monoisotopic (exact) mass is 525 g/mol. The second-order valence-corrected chi connectivity index (χ2v) is 11.8. The number of benzene rings is 1. The number of amides is 1. The van der Waals surface area contributed by atoms with Gasteiger partial charge in [-0.25, -0.2) is 17.7 Å². The Kier molecular flexibility index (Phi) is 7.34. The molecule has 1 saturated carbocycles. The number of hydrogen-bond acceptors (Lipinski definition) is 5. The molecule has 2 aliphatic rings. The van der Waals surface area contributed by atoms with E-state index < -0.39 is 27.4 Å². The average molecular weight is 526 g/mol. The van der Waals surface area contributed by atoms with Gasteiger partial charge in [0.1, 0.15) is 0 Å². The van der Waals surface area contributed by atoms with E-state index in [0.29, 0.717) is 30.9 Å². The zero-order chi connectivity index (χ0) is 26.1. The number of ether oxygens (including phenoxy) is 1. The van der Waals surface area contributed by atoms with E-state index in [0.717, 1.165) is 11.1 Å². The van der Waals surface area contributed by atoms with Crippen molar-refractivity contribution in [3.05, 3.63) is 48.2 Å². The molecule has 2 heterocycles. The van der Waals surface area contributed by atoms with E-state index in [2.05, 4.69) is 4.98 Å². The van der Waals surface area contributed by atoms with Crippen molar-refractivity contribution in [2.45, 2.75) is 31.9 Å². The lowest BCUT2D eigenvalue weighted by Gasteiger charge is -2.32. The number of carbonyl (C=O) groups excluding carboxylic acids is 1. The molecule has 0 spiro atoms. The smallest absolute Gasteiger partial charge is 0.395 e. The number of aromatic nitrogens is 1. The number of pyridine rings is 1. The fourth-order valence-electron chi connectivity index (χ4n) is 4.36. The first-order valence-electron chi connectivity index (χ1n) is 11.9. The molecule has 0 N–H and O–H groups in total. The lowest BCUT2D eigenvalue weighted by Crippen LogP contribution is -2.44. The topological polar surface area (TPSA) is 79.8 Å². The summed E-state index contributed by atoms with van der Waals surface area (Å²) in [5.41, 5.74) is 0.325. The highest BCUT2D eigenvalue weighted by atomic mass is 32.2. The molecule has 196 valence electrons. The predicted molar refractivity (Wildman–Crippen MR) is 129 cm³/mol. The molecule has 36 heavy (non-hydrogen) atoms. The maximum absolute atomic E-state index is 13.2. The van der Waals surface area contributed by atoms with Gasteiger partial charge in [-0.15, -0.1) is 0 Å². The largest absolute Gasteiger partial charge is 0.477 e. The second kappa shape index (κ2) is 10.0. The van der Waals surface area contributed by atoms with E-state index in [1.807, 2.05) is 18.2 Å². The van der Waals surface area contributed by atoms with Crippen molar-refractivity contribution >= 4 is 15.9 Å². The molecule has 1 aliphatic carbocycles. The predicted octanol–water partition coefficient (Wildman–Crippen LogP) is 4.21. The van der Waals surface area contributed by atoms with Crippen LogP contribution in [0.2, 0.25) is 0 Å². The van der Waals surface area contributed by atoms with Gasteiger partial charge in [-0.3, -0.25) is 4.79 Å². The Balaban J connectivity index is 1.26. The van der Waals surface area contributed by atoms with Gasteiger partial charge in [-0.1, -0.05) is 12.1 Å². The van der Waals surface area contributed by atoms with Crippen LogP contribution in [-0.4, -0.2) is 74.2 Å². The average Bonchev–Trinajstić information content (AvgIpc) is 3.63. The van der Waals surface area contributed by atoms with Crippen molar-refractivity contribution < 1.29 is 31.1 Å². The Morgan fingerprint density at radius 1 is 1.08 bits per heavy atom. The van der Waals surface area contributed by atoms with Gasteiger partial charge in [-0.05, 0) is 55.4 Å². The van der Waals surface area contributed by atoms with Crippen LogP contribution in [0, 0.1) is 11.3 Å². The van der Waals surface area contributed by atoms with Gasteiger partial charge in [-0.2, -0.15) is 13.2 Å². The fraction of sp³-hybridized carbons (Fsp3) is 0.520. The van der Waals surface area contributed by atoms with Crippen LogP contribution in [0.15, 0.2) is 42.6 Å². The Bertz CT molecular complexity index is 1170. The Morgan fingerprint density at radius 3 is 2.19 bits per heavy atom. The molecule has 2 aromatic rings. The summed E-state index contributed by atoms with van der Waals surface area (Å²) < 4.78 is 71.7. The molecule has 1 aromatic carbocycles. The molecule has 2 fully saturated rings. The van der Waals surface area contributed by atoms with Crippen molar-refractivity contribution in [3.8, 4) is 17.0 Å². The van der Waals surface area contributed by atoms with Crippen molar-refractivity contribution in [1.29, 1.82) is 0 Å². The quantitative estimate of drug-likeness (QED) is 0.516. The minimum atomic E-state index is -4.48. The number of sulfonamides is 1. The highest BCUT2D eigenvalue weighted by Crippen LogP contribution is 2.58. The fourth-order valence-corrected chi connectivity index (χ4v) is 6.46. The molecule has 0 bridgehead atoms. The van der Waals surface area contributed by atoms with E-state index in [1.54, 1.807) is 38.5 Å². The first kappa shape index (κ1) is 26.4. The van der Waals surface area contributed by atoms with E-state index in [-0.39, 0.29) is 37.8 Å². The summed E-state index contributed by atoms with van der Waals surface area (Å²) >= 11 is 0. The van der Waals surface area contributed by atoms with E-state index in [1.165, 1.54) is 9.21 Å². The standard InChI is InChI=1S/C25H30F3N3O4S/c1-30(2)23(32)20-5-3-19(4-6-20)21-7-8-22(29-15-21)35-16-18-9-13-31(14-10-18)36(33,34)17-24(11-12-24)25(26,27)28/h3-8,15,18H,9-14,16-17H2,1-2H3. The normalized spacial score (nSPS) is 18.6. The maximum Gasteiger partial charge on any atom is 0.395 e. The highest BCUT2D eigenvalue weighted by Gasteiger charge is 2.65. The maximum atomic E-state index is 13.2. The van der Waals surface area contributed by atoms with E-state index in [9.17, 15) is 26.4 Å². The summed E-state index contributed by atoms with van der Waals surface area (Å²) in [5.74, 6) is -0.387. The number of nitrogens with zero attached hydrogens (tertiary/aromatic N) is 3. The summed E-state index contributed by atoms with van der Waals surface area (Å²) in [6.45, 7) is 0.750. The zero-order valence-corrected chi connectivity index (χ0v) is 21.1. The molecule has 0 unspecified atom stereocenters. The van der Waals surface area contributed by atoms with Crippen LogP contribution in [-0.2, 0) is 10.0 Å². The number of carbonyl (C=O) groups is 1. The van der Waals surface area contributed by atoms with Gasteiger partial charge < -0.3 is 9.64 Å². The van der Waals surface area contributed by atoms with Gasteiger partial charge in [0.2, 0.25) is 15.9 Å². The first-order chi connectivity index (χ1) is 16.9. The van der Waals surface area contributed by atoms with Crippen LogP contribution in [0.25, 0.3) is 11.1 Å². The molecule has 1 amide bonds. The Hall–Kier alpha value is -2.66. The molecule has 1 saturated heterocycles. The van der Waals surface area contributed by atoms with Gasteiger partial charge >= 0.3 is 6.18 Å². The molecule has 0 atom stereocenters. The van der Waals surface area contributed by atoms with Crippen molar-refractivity contribution in [2.75, 3.05) is 39.5 Å². The van der Waals surface area contributed by atoms with Gasteiger partial charge in [0.05, 0.1) is 17.8 Å². The van der Waals surface area contributed by atoms with Gasteiger partial charge in [0.25, 0.3) is 5.91 Å². The van der Waals surface area contributed by atoms with Gasteiger partial charge in [0.15, 0.2) is 0 Å². The minimum Gasteiger partial charge on any atom is -0.477 e. The Labute approximate surface area is 209 Å². The summed E-state index contributed by atoms with van der Waals surface area (Å²) in [7, 11) is -0.556. The van der Waals surface area contributed by atoms with E-state index >= 15 is 0 Å². The number of rotatable bonds is 8. The van der Waals surface area contributed by atoms with Gasteiger partial charge in [0, 0.05) is 50.6 Å². The van der Waals surface area contributed by atoms with E-state index in [4.69, 9.17) is 4.74 Å². The zero-order valence-electron chi connectivity index (χ0n) is 20.3. The lowest BCUT2D eigenvalue weighted by molar-refractivity contribution is -0.180. The third-order valence-corrected chi connectivity index (χ3v) is 9.02. The summed E-state index contributed by atoms with van der Waals surface area (Å²) in [6.07, 6.45) is -1.99. The van der Waals surface area contributed by atoms with Crippen LogP contribution < -0.4 is 4.74 Å². The summed E-state index contributed by atoms with van der Waals surface area (Å²) in [5, 5.41) is 0. The van der Waals surface area contributed by atoms with Crippen LogP contribution >= 0.6 is 0 Å². The second-order valence-electron chi connectivity index (χ2n) is 9.85. The molecule has 11 heteroatoms. The highest BCUT2D eigenvalue weighted by molar-refractivity contribution is 7.89. The van der Waals surface area contributed by atoms with Crippen LogP contribution in [0.5, 0.6) is 5.88 Å². The SMILES string of the molecule is CN(C)C(=O)c1ccc(-c2ccc(OCC3CCN(S(=O)(=O)CC4(C(F)(F)F)CC4)CC3)nc2)cc1. The number of hydrogen-bond donors (Lipinski definition) is 0. The third kappa shape index (κ3) is 5.83. The first-order valence-corrected chi connectivity index (χ1v) is 13.5. The Morgan fingerprint density at radius 2 is 1.69 bits per heavy atom. The molecular weight excluding hydrogens is 495 g/mol. The van der Waals surface area contributed by atoms with Crippen molar-refractivity contribution in [1.82, 2.24) is 14.2 Å². The lowest BCUT2D eigenvalue weighted by atomic mass is 9.99. The molecular formula is C25H30F3N3O4S. The molecule has 7 nitrogen and oxygen atoms in total. The van der Waals surface area contributed by atoms with Crippen LogP contribution in [0.3, 0.4) is 0 Å². The van der Waals surface area contributed by atoms with Crippen molar-refractivity contribution in [3.63, 3.8) is 0 Å². The molecule has 1 aromatic heterocycles. The number of piperidine rings is 1. The summed E-state index contributed by atoms with van der Waals surface area (Å²) in [6, 6.07) is 10.9. The third-order valence-electron chi connectivity index (χ3n) is 6.96. The minimum absolute atomic E-state index is 0.0695. The van der Waals surface area contributed by atoms with Crippen LogP contribution in [0.1, 0.15) is 36.0 Å². The molecule has 1 aliphatic heterocycles. The number of alkyl halides is 3. The number of halogens is 3. The molecule has 4 rings (SSSR count). The summed E-state index contributed by atoms with van der Waals surface area (Å²) in [4.78, 5) is 17.9. The molecule has 0 radical (unpaired) electrons. The van der Waals surface area contributed by atoms with Crippen LogP contribution in [0.4, 0.5) is 13.2 Å².